The Kier molecular flexibility index (Phi) is 6.42. The number of nitrogens with one attached hydrogen (secondary N) is 2. The van der Waals surface area contributed by atoms with Crippen molar-refractivity contribution in [2.24, 2.45) is 34.5 Å². The number of alkyl halides is 6. The van der Waals surface area contributed by atoms with Crippen LogP contribution < -0.4 is 10.6 Å². The summed E-state index contributed by atoms with van der Waals surface area (Å²) in [7, 11) is 0. The van der Waals surface area contributed by atoms with Crippen LogP contribution in [0.15, 0.2) is 36.4 Å². The van der Waals surface area contributed by atoms with Gasteiger partial charge in [0.1, 0.15) is 5.82 Å². The molecule has 4 nitrogen and oxygen atoms in total. The number of hydrogen-bond donors (Lipinski definition) is 2. The van der Waals surface area contributed by atoms with Gasteiger partial charge >= 0.3 is 12.4 Å². The fourth-order valence-electron chi connectivity index (χ4n) is 8.44. The summed E-state index contributed by atoms with van der Waals surface area (Å²) in [6.07, 6.45) is -5.09. The van der Waals surface area contributed by atoms with Gasteiger partial charge in [0.05, 0.1) is 0 Å². The van der Waals surface area contributed by atoms with E-state index in [0.717, 1.165) is 6.42 Å². The van der Waals surface area contributed by atoms with Gasteiger partial charge in [-0.2, -0.15) is 26.3 Å². The maximum atomic E-state index is 14.3. The fraction of sp³-hybridized carbons (Fsp3) is 0.643. The van der Waals surface area contributed by atoms with Crippen LogP contribution in [0.25, 0.3) is 0 Å². The van der Waals surface area contributed by atoms with Gasteiger partial charge < -0.3 is 10.6 Å². The molecule has 3 fully saturated rings. The molecule has 1 aromatic rings. The van der Waals surface area contributed by atoms with Gasteiger partial charge in [0.25, 0.3) is 5.54 Å². The summed E-state index contributed by atoms with van der Waals surface area (Å²) < 4.78 is 99.3. The molecule has 3 saturated carbocycles. The highest BCUT2D eigenvalue weighted by Gasteiger charge is 2.73. The number of rotatable bonds is 3. The van der Waals surface area contributed by atoms with E-state index in [9.17, 15) is 40.3 Å². The summed E-state index contributed by atoms with van der Waals surface area (Å²) in [5, 5.41) is 4.44. The Hall–Kier alpha value is -2.59. The van der Waals surface area contributed by atoms with Gasteiger partial charge in [0.15, 0.2) is 0 Å². The number of halogens is 7. The number of carbonyl (C=O) groups is 2. The minimum atomic E-state index is -5.93. The van der Waals surface area contributed by atoms with E-state index in [2.05, 4.69) is 12.2 Å². The number of benzene rings is 1. The molecule has 1 aromatic carbocycles. The molecule has 2 amide bonds. The molecule has 39 heavy (non-hydrogen) atoms. The van der Waals surface area contributed by atoms with Crippen molar-refractivity contribution in [2.45, 2.75) is 76.3 Å². The highest BCUT2D eigenvalue weighted by atomic mass is 19.4. The third-order valence-corrected chi connectivity index (χ3v) is 10.4. The number of fused-ring (bicyclic) bond motifs is 5. The van der Waals surface area contributed by atoms with Crippen LogP contribution in [-0.4, -0.2) is 30.2 Å². The quantitative estimate of drug-likeness (QED) is 0.434. The molecule has 0 spiro atoms. The van der Waals surface area contributed by atoms with Crippen molar-refractivity contribution in [3.63, 3.8) is 0 Å². The Labute approximate surface area is 221 Å². The Morgan fingerprint density at radius 1 is 0.923 bits per heavy atom. The number of carbonyl (C=O) groups excluding carboxylic acids is 2. The van der Waals surface area contributed by atoms with Gasteiger partial charge in [-0.05, 0) is 85.5 Å². The van der Waals surface area contributed by atoms with Crippen LogP contribution in [0.5, 0.6) is 0 Å². The standard InChI is InChI=1S/C28H31F7N2O2/c1-24-13-11-19-17(7-10-21-25(19,2)14-12-22(38)36-21)18(24)8-9-20(24)23(39)37-26(27(30,31)32,28(33,34)35)15-3-5-16(29)6-4-15/h3-6,12,14,17-21H,7-11,13H2,1-2H3,(H,36,38)(H,37,39)/t17-,18-,19-,20+,21+,24-,25+/m0/s1. The van der Waals surface area contributed by atoms with Crippen molar-refractivity contribution in [2.75, 3.05) is 0 Å². The minimum Gasteiger partial charge on any atom is -0.349 e. The maximum absolute atomic E-state index is 14.3. The summed E-state index contributed by atoms with van der Waals surface area (Å²) >= 11 is 0. The lowest BCUT2D eigenvalue weighted by atomic mass is 9.48. The summed E-state index contributed by atoms with van der Waals surface area (Å²) in [5.41, 5.74) is -7.05. The third kappa shape index (κ3) is 4.08. The molecule has 7 atom stereocenters. The summed E-state index contributed by atoms with van der Waals surface area (Å²) in [6.45, 7) is 3.91. The van der Waals surface area contributed by atoms with E-state index < -0.39 is 46.5 Å². The first-order chi connectivity index (χ1) is 18.0. The zero-order valence-corrected chi connectivity index (χ0v) is 21.6. The van der Waals surface area contributed by atoms with Crippen molar-refractivity contribution in [3.8, 4) is 0 Å². The first-order valence-corrected chi connectivity index (χ1v) is 13.3. The van der Waals surface area contributed by atoms with Crippen LogP contribution in [0.3, 0.4) is 0 Å². The second-order valence-corrected chi connectivity index (χ2v) is 12.1. The average molecular weight is 561 g/mol. The van der Waals surface area contributed by atoms with Crippen molar-refractivity contribution in [1.82, 2.24) is 10.6 Å². The molecule has 0 bridgehead atoms. The Bertz CT molecular complexity index is 1160. The van der Waals surface area contributed by atoms with Crippen LogP contribution in [0.2, 0.25) is 0 Å². The zero-order chi connectivity index (χ0) is 28.6. The molecule has 11 heteroatoms. The van der Waals surface area contributed by atoms with Crippen LogP contribution in [0, 0.1) is 40.3 Å². The minimum absolute atomic E-state index is 0.0315. The first kappa shape index (κ1) is 28.0. The largest absolute Gasteiger partial charge is 0.424 e. The monoisotopic (exact) mass is 560 g/mol. The molecule has 5 rings (SSSR count). The highest BCUT2D eigenvalue weighted by molar-refractivity contribution is 5.89. The normalized spacial score (nSPS) is 36.4. The molecule has 0 unspecified atom stereocenters. The molecule has 1 aliphatic heterocycles. The molecule has 3 aliphatic carbocycles. The van der Waals surface area contributed by atoms with E-state index in [1.807, 2.05) is 13.0 Å². The van der Waals surface area contributed by atoms with Crippen LogP contribution in [0.4, 0.5) is 30.7 Å². The van der Waals surface area contributed by atoms with E-state index in [1.165, 1.54) is 11.4 Å². The second kappa shape index (κ2) is 8.96. The Morgan fingerprint density at radius 3 is 2.18 bits per heavy atom. The lowest BCUT2D eigenvalue weighted by Crippen LogP contribution is -2.66. The number of hydrogen-bond acceptors (Lipinski definition) is 2. The molecule has 1 heterocycles. The summed E-state index contributed by atoms with van der Waals surface area (Å²) in [5.74, 6) is -3.21. The van der Waals surface area contributed by atoms with Gasteiger partial charge in [-0.25, -0.2) is 4.39 Å². The second-order valence-electron chi connectivity index (χ2n) is 12.1. The van der Waals surface area contributed by atoms with E-state index >= 15 is 0 Å². The predicted octanol–water partition coefficient (Wildman–Crippen LogP) is 6.18. The lowest BCUT2D eigenvalue weighted by molar-refractivity contribution is -0.312. The average Bonchev–Trinajstić information content (AvgIpc) is 3.19. The van der Waals surface area contributed by atoms with Gasteiger partial charge in [-0.15, -0.1) is 0 Å². The van der Waals surface area contributed by atoms with E-state index in [-0.39, 0.29) is 41.5 Å². The topological polar surface area (TPSA) is 58.2 Å². The summed E-state index contributed by atoms with van der Waals surface area (Å²) in [6, 6.07) is 1.82. The molecular weight excluding hydrogens is 529 g/mol. The van der Waals surface area contributed by atoms with Gasteiger partial charge in [-0.3, -0.25) is 9.59 Å². The lowest BCUT2D eigenvalue weighted by Gasteiger charge is -2.58. The highest BCUT2D eigenvalue weighted by Crippen LogP contribution is 2.65. The maximum Gasteiger partial charge on any atom is 0.424 e. The van der Waals surface area contributed by atoms with Crippen molar-refractivity contribution < 1.29 is 40.3 Å². The first-order valence-electron chi connectivity index (χ1n) is 13.3. The molecule has 0 saturated heterocycles. The van der Waals surface area contributed by atoms with Crippen molar-refractivity contribution in [3.05, 3.63) is 47.8 Å². The van der Waals surface area contributed by atoms with Crippen LogP contribution in [0.1, 0.15) is 57.9 Å². The molecule has 0 aromatic heterocycles. The smallest absolute Gasteiger partial charge is 0.349 e. The van der Waals surface area contributed by atoms with Crippen LogP contribution >= 0.6 is 0 Å². The van der Waals surface area contributed by atoms with Gasteiger partial charge in [0, 0.05) is 17.4 Å². The Morgan fingerprint density at radius 2 is 1.56 bits per heavy atom. The van der Waals surface area contributed by atoms with E-state index in [0.29, 0.717) is 49.9 Å². The van der Waals surface area contributed by atoms with Crippen LogP contribution in [-0.2, 0) is 15.1 Å². The van der Waals surface area contributed by atoms with Gasteiger partial charge in [-0.1, -0.05) is 32.1 Å². The SMILES string of the molecule is C[C@]12C=CC(=O)N[C@@H]1CC[C@@H]1[C@@H]2CC[C@]2(C)[C@@H](C(=O)NC(c3ccc(F)cc3)(C(F)(F)F)C(F)(F)F)CC[C@@H]12. The zero-order valence-electron chi connectivity index (χ0n) is 21.6. The number of amides is 2. The summed E-state index contributed by atoms with van der Waals surface area (Å²) in [4.78, 5) is 25.4. The molecule has 2 N–H and O–H groups in total. The molecular formula is C28H31F7N2O2. The Balaban J connectivity index is 1.46. The van der Waals surface area contributed by atoms with E-state index in [1.54, 1.807) is 0 Å². The fourth-order valence-corrected chi connectivity index (χ4v) is 8.44. The third-order valence-electron chi connectivity index (χ3n) is 10.4. The molecule has 4 aliphatic rings. The molecule has 214 valence electrons. The molecule has 0 radical (unpaired) electrons. The van der Waals surface area contributed by atoms with Crippen molar-refractivity contribution in [1.29, 1.82) is 0 Å². The van der Waals surface area contributed by atoms with Gasteiger partial charge in [0.2, 0.25) is 11.8 Å². The predicted molar refractivity (Wildman–Crippen MR) is 127 cm³/mol. The van der Waals surface area contributed by atoms with E-state index in [4.69, 9.17) is 0 Å². The van der Waals surface area contributed by atoms with Crippen molar-refractivity contribution >= 4 is 11.8 Å².